The summed E-state index contributed by atoms with van der Waals surface area (Å²) in [4.78, 5) is 11.6. The summed E-state index contributed by atoms with van der Waals surface area (Å²) in [5.41, 5.74) is 18.1. The van der Waals surface area contributed by atoms with E-state index in [9.17, 15) is 0 Å². The average molecular weight is 820 g/mol. The van der Waals surface area contributed by atoms with Crippen LogP contribution in [0.25, 0.3) is 22.3 Å². The molecule has 0 saturated heterocycles. The summed E-state index contributed by atoms with van der Waals surface area (Å²) in [6.07, 6.45) is 0. The second kappa shape index (κ2) is 13.3. The molecule has 0 saturated carbocycles. The molecular formula is C50H32BN5Pd-4. The van der Waals surface area contributed by atoms with Crippen LogP contribution in [-0.4, -0.2) is 6.85 Å². The fraction of sp³-hybridized carbons (Fsp3) is 0. The van der Waals surface area contributed by atoms with Gasteiger partial charge in [-0.05, 0) is 48.5 Å². The quantitative estimate of drug-likeness (QED) is 0.129. The van der Waals surface area contributed by atoms with E-state index in [1.54, 1.807) is 0 Å². The van der Waals surface area contributed by atoms with Crippen molar-refractivity contribution in [3.05, 3.63) is 207 Å². The first-order chi connectivity index (χ1) is 27.8. The standard InChI is InChI=1S/C50H32BN5.Pd/c1-3-15-35(16-4-1)52-33-54(47-25-13-11-23-45(47)52)37-27-29-41-39-19-7-9-21-43(39)51-44-22-10-8-20-40(44)42-30-28-38(32-50(42)56(51)49(41)31-37)55-34-53(36-17-5-2-6-18-36)46-24-12-14-26-48(46)55;/h1-30,33-34H;/q-4;. The Morgan fingerprint density at radius 3 is 1.16 bits per heavy atom. The van der Waals surface area contributed by atoms with Crippen molar-refractivity contribution in [2.75, 3.05) is 24.4 Å². The third kappa shape index (κ3) is 5.13. The zero-order valence-corrected chi connectivity index (χ0v) is 32.2. The molecule has 4 aliphatic heterocycles. The molecule has 0 aliphatic carbocycles. The molecule has 5 nitrogen and oxygen atoms in total. The molecule has 0 amide bonds. The van der Waals surface area contributed by atoms with Crippen LogP contribution in [0.15, 0.2) is 182 Å². The van der Waals surface area contributed by atoms with Crippen molar-refractivity contribution >= 4 is 74.6 Å². The molecule has 0 radical (unpaired) electrons. The van der Waals surface area contributed by atoms with Crippen molar-refractivity contribution in [3.8, 4) is 22.3 Å². The number of fused-ring (bicyclic) bond motifs is 13. The van der Waals surface area contributed by atoms with Crippen LogP contribution in [0.2, 0.25) is 0 Å². The minimum atomic E-state index is -0.0632. The normalized spacial score (nSPS) is 14.2. The van der Waals surface area contributed by atoms with E-state index >= 15 is 0 Å². The van der Waals surface area contributed by atoms with E-state index in [1.165, 1.54) is 22.1 Å². The molecule has 0 N–H and O–H groups in total. The third-order valence-corrected chi connectivity index (χ3v) is 11.5. The van der Waals surface area contributed by atoms with E-state index in [0.717, 1.165) is 68.0 Å². The Balaban J connectivity index is 0.00000374. The van der Waals surface area contributed by atoms with Gasteiger partial charge in [0.05, 0.1) is 0 Å². The summed E-state index contributed by atoms with van der Waals surface area (Å²) in [5, 5.41) is 0. The molecule has 0 atom stereocenters. The summed E-state index contributed by atoms with van der Waals surface area (Å²) < 4.78 is 0. The van der Waals surface area contributed by atoms with Crippen molar-refractivity contribution in [1.82, 2.24) is 0 Å². The van der Waals surface area contributed by atoms with Crippen LogP contribution in [0, 0.1) is 25.5 Å². The number of anilines is 10. The predicted molar refractivity (Wildman–Crippen MR) is 232 cm³/mol. The Morgan fingerprint density at radius 2 is 0.719 bits per heavy atom. The second-order valence-corrected chi connectivity index (χ2v) is 14.5. The molecule has 4 heterocycles. The summed E-state index contributed by atoms with van der Waals surface area (Å²) in [6.45, 7) is 4.32. The van der Waals surface area contributed by atoms with Gasteiger partial charge in [0.15, 0.2) is 0 Å². The van der Waals surface area contributed by atoms with Crippen LogP contribution in [0.5, 0.6) is 0 Å². The Labute approximate surface area is 347 Å². The zero-order chi connectivity index (χ0) is 36.7. The molecule has 12 rings (SSSR count). The number of hydrogen-bond acceptors (Lipinski definition) is 5. The number of benzene rings is 8. The van der Waals surface area contributed by atoms with Gasteiger partial charge in [-0.25, -0.2) is 0 Å². The first kappa shape index (κ1) is 33.8. The SMILES string of the molecule is [Pd].[c-]1c(N2[CH-]N(c3ccccc3)c3ccccc32)ccc2c1N1B(c3ccccc3-2)c2ccccc2-c2ccc(N3[CH-]N(c4ccccc4)c4ccccc43)[c-]c21. The van der Waals surface area contributed by atoms with Crippen LogP contribution in [-0.2, 0) is 20.4 Å². The fourth-order valence-electron chi connectivity index (χ4n) is 9.01. The van der Waals surface area contributed by atoms with Crippen molar-refractivity contribution < 1.29 is 20.4 Å². The number of para-hydroxylation sites is 6. The Kier molecular flexibility index (Phi) is 7.89. The van der Waals surface area contributed by atoms with Gasteiger partial charge in [-0.15, -0.1) is 60.1 Å². The summed E-state index contributed by atoms with van der Waals surface area (Å²) in [5.74, 6) is 0. The Hall–Kier alpha value is -6.51. The number of rotatable bonds is 4. The summed E-state index contributed by atoms with van der Waals surface area (Å²) in [6, 6.07) is 73.0. The second-order valence-electron chi connectivity index (χ2n) is 14.5. The van der Waals surface area contributed by atoms with Gasteiger partial charge < -0.3 is 24.4 Å². The van der Waals surface area contributed by atoms with Crippen molar-refractivity contribution in [1.29, 1.82) is 0 Å². The first-order valence-electron chi connectivity index (χ1n) is 19.1. The molecule has 274 valence electrons. The van der Waals surface area contributed by atoms with Gasteiger partial charge in [-0.1, -0.05) is 143 Å². The van der Waals surface area contributed by atoms with Gasteiger partial charge in [-0.3, -0.25) is 0 Å². The van der Waals surface area contributed by atoms with E-state index in [1.807, 2.05) is 0 Å². The van der Waals surface area contributed by atoms with Crippen LogP contribution in [0.1, 0.15) is 0 Å². The van der Waals surface area contributed by atoms with Gasteiger partial charge in [0, 0.05) is 54.5 Å². The van der Waals surface area contributed by atoms with Gasteiger partial charge in [0.25, 0.3) is 0 Å². The Bertz CT molecular complexity index is 2640. The van der Waals surface area contributed by atoms with Gasteiger partial charge in [-0.2, -0.15) is 12.1 Å². The van der Waals surface area contributed by atoms with Gasteiger partial charge >= 0.3 is 6.85 Å². The number of hydrogen-bond donors (Lipinski definition) is 0. The fourth-order valence-corrected chi connectivity index (χ4v) is 9.01. The van der Waals surface area contributed by atoms with Crippen LogP contribution < -0.4 is 35.3 Å². The Morgan fingerprint density at radius 1 is 0.351 bits per heavy atom. The molecule has 0 bridgehead atoms. The molecule has 8 aromatic carbocycles. The van der Waals surface area contributed by atoms with E-state index in [2.05, 4.69) is 232 Å². The maximum atomic E-state index is 4.01. The predicted octanol–water partition coefficient (Wildman–Crippen LogP) is 11.0. The van der Waals surface area contributed by atoms with E-state index in [4.69, 9.17) is 0 Å². The minimum Gasteiger partial charge on any atom is -0.493 e. The monoisotopic (exact) mass is 819 g/mol. The van der Waals surface area contributed by atoms with Crippen LogP contribution >= 0.6 is 0 Å². The largest absolute Gasteiger partial charge is 0.493 e. The van der Waals surface area contributed by atoms with E-state index in [0.29, 0.717) is 0 Å². The van der Waals surface area contributed by atoms with E-state index < -0.39 is 0 Å². The van der Waals surface area contributed by atoms with Crippen molar-refractivity contribution in [3.63, 3.8) is 0 Å². The van der Waals surface area contributed by atoms with E-state index in [-0.39, 0.29) is 27.3 Å². The maximum absolute atomic E-state index is 4.01. The van der Waals surface area contributed by atoms with Gasteiger partial charge in [0.2, 0.25) is 0 Å². The average Bonchev–Trinajstić information content (AvgIpc) is 3.86. The molecular weight excluding hydrogens is 788 g/mol. The molecule has 4 aliphatic rings. The topological polar surface area (TPSA) is 16.2 Å². The van der Waals surface area contributed by atoms with Crippen molar-refractivity contribution in [2.24, 2.45) is 0 Å². The molecule has 0 fully saturated rings. The van der Waals surface area contributed by atoms with Crippen LogP contribution in [0.4, 0.5) is 56.9 Å². The van der Waals surface area contributed by atoms with Gasteiger partial charge in [0.1, 0.15) is 0 Å². The summed E-state index contributed by atoms with van der Waals surface area (Å²) >= 11 is 0. The molecule has 7 heteroatoms. The first-order valence-corrected chi connectivity index (χ1v) is 19.1. The summed E-state index contributed by atoms with van der Waals surface area (Å²) in [7, 11) is 0. The minimum absolute atomic E-state index is 0. The third-order valence-electron chi connectivity index (χ3n) is 11.5. The maximum Gasteiger partial charge on any atom is 0.324 e. The smallest absolute Gasteiger partial charge is 0.324 e. The molecule has 57 heavy (non-hydrogen) atoms. The zero-order valence-electron chi connectivity index (χ0n) is 30.6. The van der Waals surface area contributed by atoms with Crippen LogP contribution in [0.3, 0.4) is 0 Å². The molecule has 8 aromatic rings. The molecule has 0 unspecified atom stereocenters. The van der Waals surface area contributed by atoms with Crippen molar-refractivity contribution in [2.45, 2.75) is 0 Å². The molecule has 0 aromatic heterocycles. The number of nitrogens with zero attached hydrogens (tertiary/aromatic N) is 5. The molecule has 0 spiro atoms.